The van der Waals surface area contributed by atoms with E-state index in [1.54, 1.807) is 37.3 Å². The summed E-state index contributed by atoms with van der Waals surface area (Å²) in [5.74, 6) is -0.640. The topological polar surface area (TPSA) is 68.3 Å². The van der Waals surface area contributed by atoms with Crippen molar-refractivity contribution in [2.75, 3.05) is 11.9 Å². The fourth-order valence-electron chi connectivity index (χ4n) is 2.20. The van der Waals surface area contributed by atoms with Crippen LogP contribution in [-0.4, -0.2) is 23.5 Å². The smallest absolute Gasteiger partial charge is 0.338 e. The molecule has 126 valence electrons. The number of carbonyl (C=O) groups is 2. The highest BCUT2D eigenvalue weighted by atomic mass is 32.1. The number of ether oxygens (including phenoxy) is 1. The normalized spacial score (nSPS) is 10.9. The quantitative estimate of drug-likeness (QED) is 0.554. The molecule has 1 amide bonds. The molecule has 0 unspecified atom stereocenters. The van der Waals surface area contributed by atoms with E-state index in [1.165, 1.54) is 17.4 Å². The van der Waals surface area contributed by atoms with Gasteiger partial charge in [-0.1, -0.05) is 12.1 Å². The van der Waals surface area contributed by atoms with E-state index < -0.39 is 0 Å². The van der Waals surface area contributed by atoms with Crippen molar-refractivity contribution in [2.45, 2.75) is 6.92 Å². The molecule has 0 fully saturated rings. The number of fused-ring (bicyclic) bond motifs is 1. The summed E-state index contributed by atoms with van der Waals surface area (Å²) in [4.78, 5) is 28.0. The van der Waals surface area contributed by atoms with E-state index in [1.807, 2.05) is 24.3 Å². The minimum Gasteiger partial charge on any atom is -0.462 e. The largest absolute Gasteiger partial charge is 0.462 e. The number of esters is 1. The van der Waals surface area contributed by atoms with Gasteiger partial charge in [0, 0.05) is 11.8 Å². The van der Waals surface area contributed by atoms with Gasteiger partial charge in [-0.05, 0) is 49.4 Å². The van der Waals surface area contributed by atoms with E-state index in [-0.39, 0.29) is 11.9 Å². The molecule has 0 radical (unpaired) electrons. The van der Waals surface area contributed by atoms with E-state index in [9.17, 15) is 9.59 Å². The van der Waals surface area contributed by atoms with Crippen molar-refractivity contribution >= 4 is 45.2 Å². The van der Waals surface area contributed by atoms with Crippen molar-refractivity contribution in [3.8, 4) is 0 Å². The van der Waals surface area contributed by atoms with Gasteiger partial charge < -0.3 is 10.1 Å². The molecule has 5 nitrogen and oxygen atoms in total. The number of nitrogens with zero attached hydrogens (tertiary/aromatic N) is 1. The predicted octanol–water partition coefficient (Wildman–Crippen LogP) is 4.12. The molecular weight excluding hydrogens is 336 g/mol. The highest BCUT2D eigenvalue weighted by molar-refractivity contribution is 7.19. The van der Waals surface area contributed by atoms with Crippen LogP contribution >= 0.6 is 11.3 Å². The SMILES string of the molecule is CCOC(=O)c1ccc(NC(=O)/C=C/c2nc3ccccc3s2)cc1. The van der Waals surface area contributed by atoms with Crippen molar-refractivity contribution in [3.63, 3.8) is 0 Å². The summed E-state index contributed by atoms with van der Waals surface area (Å²) in [5.41, 5.74) is 1.97. The minimum atomic E-state index is -0.379. The number of amides is 1. The number of thiazole rings is 1. The van der Waals surface area contributed by atoms with E-state index in [0.29, 0.717) is 17.9 Å². The molecule has 1 heterocycles. The Labute approximate surface area is 149 Å². The molecule has 0 saturated carbocycles. The average Bonchev–Trinajstić information content (AvgIpc) is 3.04. The number of anilines is 1. The van der Waals surface area contributed by atoms with Crippen LogP contribution < -0.4 is 5.32 Å². The van der Waals surface area contributed by atoms with Crippen LogP contribution in [0.25, 0.3) is 16.3 Å². The summed E-state index contributed by atoms with van der Waals surface area (Å²) in [6.45, 7) is 2.08. The Bertz CT molecular complexity index is 896. The first-order chi connectivity index (χ1) is 12.2. The molecule has 1 aromatic heterocycles. The average molecular weight is 352 g/mol. The molecule has 0 aliphatic rings. The van der Waals surface area contributed by atoms with Crippen LogP contribution in [0.5, 0.6) is 0 Å². The number of nitrogens with one attached hydrogen (secondary N) is 1. The zero-order valence-corrected chi connectivity index (χ0v) is 14.4. The summed E-state index contributed by atoms with van der Waals surface area (Å²) in [5, 5.41) is 3.52. The molecule has 0 bridgehead atoms. The monoisotopic (exact) mass is 352 g/mol. The van der Waals surface area contributed by atoms with Gasteiger partial charge in [-0.25, -0.2) is 9.78 Å². The Kier molecular flexibility index (Phi) is 5.20. The second kappa shape index (κ2) is 7.72. The predicted molar refractivity (Wildman–Crippen MR) is 99.7 cm³/mol. The van der Waals surface area contributed by atoms with Crippen molar-refractivity contribution in [2.24, 2.45) is 0 Å². The number of carbonyl (C=O) groups excluding carboxylic acids is 2. The number of hydrogen-bond donors (Lipinski definition) is 1. The van der Waals surface area contributed by atoms with Crippen LogP contribution in [-0.2, 0) is 9.53 Å². The summed E-state index contributed by atoms with van der Waals surface area (Å²) in [6.07, 6.45) is 3.13. The van der Waals surface area contributed by atoms with E-state index in [0.717, 1.165) is 15.2 Å². The first-order valence-corrected chi connectivity index (χ1v) is 8.59. The van der Waals surface area contributed by atoms with Crippen molar-refractivity contribution in [1.29, 1.82) is 0 Å². The Morgan fingerprint density at radius 1 is 1.16 bits per heavy atom. The Hall–Kier alpha value is -2.99. The third kappa shape index (κ3) is 4.30. The van der Waals surface area contributed by atoms with Gasteiger partial charge in [0.1, 0.15) is 5.01 Å². The van der Waals surface area contributed by atoms with Crippen LogP contribution in [0, 0.1) is 0 Å². The van der Waals surface area contributed by atoms with Crippen LogP contribution in [0.15, 0.2) is 54.6 Å². The zero-order valence-electron chi connectivity index (χ0n) is 13.6. The standard InChI is InChI=1S/C19H16N2O3S/c1-2-24-19(23)13-7-9-14(10-8-13)20-17(22)11-12-18-21-15-5-3-4-6-16(15)25-18/h3-12H,2H2,1H3,(H,20,22)/b12-11+. The Balaban J connectivity index is 1.62. The molecule has 0 aliphatic carbocycles. The minimum absolute atomic E-state index is 0.261. The maximum Gasteiger partial charge on any atom is 0.338 e. The van der Waals surface area contributed by atoms with Gasteiger partial charge in [0.15, 0.2) is 0 Å². The molecule has 3 rings (SSSR count). The maximum absolute atomic E-state index is 12.0. The van der Waals surface area contributed by atoms with Gasteiger partial charge in [0.05, 0.1) is 22.4 Å². The molecule has 3 aromatic rings. The van der Waals surface area contributed by atoms with Gasteiger partial charge in [-0.3, -0.25) is 4.79 Å². The molecule has 1 N–H and O–H groups in total. The second-order valence-electron chi connectivity index (χ2n) is 5.14. The van der Waals surface area contributed by atoms with Gasteiger partial charge >= 0.3 is 5.97 Å². The highest BCUT2D eigenvalue weighted by Crippen LogP contribution is 2.22. The van der Waals surface area contributed by atoms with Crippen molar-refractivity contribution in [3.05, 3.63) is 65.2 Å². The van der Waals surface area contributed by atoms with E-state index in [2.05, 4.69) is 10.3 Å². The third-order valence-corrected chi connectivity index (χ3v) is 4.35. The van der Waals surface area contributed by atoms with E-state index >= 15 is 0 Å². The number of aromatic nitrogens is 1. The number of benzene rings is 2. The molecule has 2 aromatic carbocycles. The molecule has 0 saturated heterocycles. The zero-order chi connectivity index (χ0) is 17.6. The van der Waals surface area contributed by atoms with Crippen LogP contribution in [0.4, 0.5) is 5.69 Å². The summed E-state index contributed by atoms with van der Waals surface area (Å²) in [7, 11) is 0. The lowest BCUT2D eigenvalue weighted by Crippen LogP contribution is -2.08. The first kappa shape index (κ1) is 16.9. The molecular formula is C19H16N2O3S. The molecule has 6 heteroatoms. The molecule has 25 heavy (non-hydrogen) atoms. The molecule has 0 aliphatic heterocycles. The van der Waals surface area contributed by atoms with Crippen molar-refractivity contribution < 1.29 is 14.3 Å². The maximum atomic E-state index is 12.0. The molecule has 0 spiro atoms. The number of rotatable bonds is 5. The van der Waals surface area contributed by atoms with Gasteiger partial charge in [-0.15, -0.1) is 11.3 Å². The van der Waals surface area contributed by atoms with Crippen molar-refractivity contribution in [1.82, 2.24) is 4.98 Å². The summed E-state index contributed by atoms with van der Waals surface area (Å²) in [6, 6.07) is 14.4. The third-order valence-electron chi connectivity index (χ3n) is 3.35. The summed E-state index contributed by atoms with van der Waals surface area (Å²) < 4.78 is 6.00. The fraction of sp³-hybridized carbons (Fsp3) is 0.105. The van der Waals surface area contributed by atoms with E-state index in [4.69, 9.17) is 4.74 Å². The number of para-hydroxylation sites is 1. The van der Waals surface area contributed by atoms with Gasteiger partial charge in [0.2, 0.25) is 5.91 Å². The Morgan fingerprint density at radius 2 is 1.92 bits per heavy atom. The second-order valence-corrected chi connectivity index (χ2v) is 6.20. The van der Waals surface area contributed by atoms with Gasteiger partial charge in [0.25, 0.3) is 0 Å². The lowest BCUT2D eigenvalue weighted by atomic mass is 10.2. The lowest BCUT2D eigenvalue weighted by Gasteiger charge is -2.04. The first-order valence-electron chi connectivity index (χ1n) is 7.77. The summed E-state index contributed by atoms with van der Waals surface area (Å²) >= 11 is 1.53. The fourth-order valence-corrected chi connectivity index (χ4v) is 3.07. The van der Waals surface area contributed by atoms with Gasteiger partial charge in [-0.2, -0.15) is 0 Å². The molecule has 0 atom stereocenters. The lowest BCUT2D eigenvalue weighted by molar-refractivity contribution is -0.111. The Morgan fingerprint density at radius 3 is 2.64 bits per heavy atom. The van der Waals surface area contributed by atoms with Crippen LogP contribution in [0.1, 0.15) is 22.3 Å². The van der Waals surface area contributed by atoms with Crippen LogP contribution in [0.3, 0.4) is 0 Å². The van der Waals surface area contributed by atoms with Crippen LogP contribution in [0.2, 0.25) is 0 Å². The number of hydrogen-bond acceptors (Lipinski definition) is 5. The highest BCUT2D eigenvalue weighted by Gasteiger charge is 2.06.